The number of hydrogen-bond acceptors (Lipinski definition) is 7. The monoisotopic (exact) mass is 490 g/mol. The van der Waals surface area contributed by atoms with E-state index in [4.69, 9.17) is 0 Å². The summed E-state index contributed by atoms with van der Waals surface area (Å²) in [6.07, 6.45) is 4.34. The summed E-state index contributed by atoms with van der Waals surface area (Å²) in [6.45, 7) is 6.96. The summed E-state index contributed by atoms with van der Waals surface area (Å²) >= 11 is 2.98. The number of aromatic nitrogens is 2. The molecular weight excluding hydrogens is 464 g/mol. The molecule has 0 unspecified atom stereocenters. The predicted molar refractivity (Wildman–Crippen MR) is 130 cm³/mol. The van der Waals surface area contributed by atoms with Crippen LogP contribution in [0.3, 0.4) is 0 Å². The molecule has 10 heteroatoms. The number of nitrogens with one attached hydrogen (secondary N) is 1. The number of hydrogen-bond donors (Lipinski definition) is 1. The summed E-state index contributed by atoms with van der Waals surface area (Å²) in [5.41, 5.74) is 2.29. The molecule has 7 nitrogen and oxygen atoms in total. The Morgan fingerprint density at radius 3 is 2.66 bits per heavy atom. The molecule has 3 heterocycles. The number of carbonyl (C=O) groups is 1. The Balaban J connectivity index is 1.48. The molecule has 1 N–H and O–H groups in total. The van der Waals surface area contributed by atoms with E-state index in [1.54, 1.807) is 40.8 Å². The maximum atomic E-state index is 13.1. The molecule has 0 saturated carbocycles. The second kappa shape index (κ2) is 9.46. The topological polar surface area (TPSA) is 92.3 Å². The van der Waals surface area contributed by atoms with E-state index >= 15 is 0 Å². The van der Waals surface area contributed by atoms with E-state index < -0.39 is 10.0 Å². The number of fused-ring (bicyclic) bond motifs is 1. The van der Waals surface area contributed by atoms with Crippen LogP contribution in [0.25, 0.3) is 10.2 Å². The number of carbonyl (C=O) groups excluding carboxylic acids is 1. The van der Waals surface area contributed by atoms with Crippen LogP contribution < -0.4 is 5.32 Å². The van der Waals surface area contributed by atoms with Crippen LogP contribution in [0.5, 0.6) is 0 Å². The van der Waals surface area contributed by atoms with Gasteiger partial charge in [0.15, 0.2) is 0 Å². The molecule has 1 aromatic carbocycles. The van der Waals surface area contributed by atoms with Gasteiger partial charge >= 0.3 is 0 Å². The number of rotatable bonds is 6. The van der Waals surface area contributed by atoms with Gasteiger partial charge in [-0.3, -0.25) is 4.79 Å². The number of thioether (sulfide) groups is 1. The number of nitrogens with zero attached hydrogens (tertiary/aromatic N) is 3. The Kier molecular flexibility index (Phi) is 6.85. The van der Waals surface area contributed by atoms with Crippen LogP contribution in [0.4, 0.5) is 5.69 Å². The average molecular weight is 491 g/mol. The molecule has 1 fully saturated rings. The lowest BCUT2D eigenvalue weighted by Crippen LogP contribution is -2.36. The van der Waals surface area contributed by atoms with Crippen molar-refractivity contribution in [2.45, 2.75) is 50.0 Å². The van der Waals surface area contributed by atoms with Crippen molar-refractivity contribution in [1.29, 1.82) is 0 Å². The molecule has 1 aliphatic rings. The zero-order valence-corrected chi connectivity index (χ0v) is 20.8. The van der Waals surface area contributed by atoms with Gasteiger partial charge in [0.2, 0.25) is 15.9 Å². The van der Waals surface area contributed by atoms with Crippen molar-refractivity contribution >= 4 is 54.9 Å². The highest BCUT2D eigenvalue weighted by Crippen LogP contribution is 2.34. The number of aryl methyl sites for hydroxylation is 3. The fourth-order valence-corrected chi connectivity index (χ4v) is 7.48. The molecule has 1 aliphatic heterocycles. The average Bonchev–Trinajstić information content (AvgIpc) is 3.08. The highest BCUT2D eigenvalue weighted by molar-refractivity contribution is 8.00. The van der Waals surface area contributed by atoms with Crippen molar-refractivity contribution in [3.8, 4) is 0 Å². The minimum atomic E-state index is -3.57. The molecule has 0 spiro atoms. The van der Waals surface area contributed by atoms with E-state index in [2.05, 4.69) is 22.2 Å². The first-order valence-corrected chi connectivity index (χ1v) is 13.8. The smallest absolute Gasteiger partial charge is 0.243 e. The van der Waals surface area contributed by atoms with Crippen molar-refractivity contribution < 1.29 is 13.2 Å². The van der Waals surface area contributed by atoms with Crippen molar-refractivity contribution in [2.75, 3.05) is 24.2 Å². The van der Waals surface area contributed by atoms with Gasteiger partial charge in [-0.1, -0.05) is 24.2 Å². The summed E-state index contributed by atoms with van der Waals surface area (Å²) in [7, 11) is -3.57. The first-order valence-electron chi connectivity index (χ1n) is 10.5. The van der Waals surface area contributed by atoms with Gasteiger partial charge < -0.3 is 5.32 Å². The molecule has 4 rings (SSSR count). The van der Waals surface area contributed by atoms with Gasteiger partial charge in [0, 0.05) is 29.0 Å². The van der Waals surface area contributed by atoms with Gasteiger partial charge in [0.25, 0.3) is 0 Å². The third-order valence-electron chi connectivity index (χ3n) is 5.68. The Labute approximate surface area is 196 Å². The number of anilines is 1. The van der Waals surface area contributed by atoms with Crippen LogP contribution in [-0.4, -0.2) is 47.4 Å². The number of amides is 1. The minimum Gasteiger partial charge on any atom is -0.325 e. The van der Waals surface area contributed by atoms with Crippen molar-refractivity contribution in [3.05, 3.63) is 40.5 Å². The third kappa shape index (κ3) is 4.68. The van der Waals surface area contributed by atoms with Crippen molar-refractivity contribution in [1.82, 2.24) is 14.3 Å². The maximum Gasteiger partial charge on any atom is 0.243 e. The van der Waals surface area contributed by atoms with E-state index in [-0.39, 0.29) is 16.6 Å². The van der Waals surface area contributed by atoms with E-state index in [1.165, 1.54) is 23.0 Å². The summed E-state index contributed by atoms with van der Waals surface area (Å²) in [4.78, 5) is 23.7. The summed E-state index contributed by atoms with van der Waals surface area (Å²) in [6, 6.07) is 5.05. The molecule has 2 aromatic heterocycles. The molecular formula is C22H26N4O3S3. The second-order valence-corrected chi connectivity index (χ2v) is 12.0. The second-order valence-electron chi connectivity index (χ2n) is 7.92. The largest absolute Gasteiger partial charge is 0.325 e. The molecule has 170 valence electrons. The molecule has 0 radical (unpaired) electrons. The first-order chi connectivity index (χ1) is 15.3. The zero-order valence-electron chi connectivity index (χ0n) is 18.3. The molecule has 32 heavy (non-hydrogen) atoms. The van der Waals surface area contributed by atoms with Gasteiger partial charge in [0.1, 0.15) is 16.2 Å². The quantitative estimate of drug-likeness (QED) is 0.403. The van der Waals surface area contributed by atoms with Crippen LogP contribution in [-0.2, 0) is 14.8 Å². The fourth-order valence-electron chi connectivity index (χ4n) is 3.79. The van der Waals surface area contributed by atoms with Crippen molar-refractivity contribution in [2.24, 2.45) is 0 Å². The first kappa shape index (κ1) is 23.2. The Bertz CT molecular complexity index is 1260. The van der Waals surface area contributed by atoms with Gasteiger partial charge in [-0.2, -0.15) is 4.31 Å². The van der Waals surface area contributed by atoms with Crippen LogP contribution in [0.2, 0.25) is 0 Å². The lowest BCUT2D eigenvalue weighted by Gasteiger charge is -2.26. The lowest BCUT2D eigenvalue weighted by atomic mass is 10.2. The fraction of sp³-hybridized carbons (Fsp3) is 0.409. The number of thiophene rings is 1. The molecule has 0 aliphatic carbocycles. The van der Waals surface area contributed by atoms with Crippen molar-refractivity contribution in [3.63, 3.8) is 0 Å². The summed E-state index contributed by atoms with van der Waals surface area (Å²) in [5, 5.41) is 4.62. The maximum absolute atomic E-state index is 13.1. The van der Waals surface area contributed by atoms with Crippen LogP contribution in [0.1, 0.15) is 35.3 Å². The zero-order chi connectivity index (χ0) is 22.9. The Morgan fingerprint density at radius 2 is 1.91 bits per heavy atom. The molecule has 0 atom stereocenters. The number of benzene rings is 1. The Hall–Kier alpha value is -2.01. The SMILES string of the molecule is Cc1ccc(NC(=O)CSc2ncnc3sc(C)c(C)c23)cc1S(=O)(=O)N1CCCCC1. The number of piperidine rings is 1. The van der Waals surface area contributed by atoms with E-state index in [0.29, 0.717) is 24.3 Å². The molecule has 1 saturated heterocycles. The van der Waals surface area contributed by atoms with Crippen LogP contribution in [0.15, 0.2) is 34.4 Å². The lowest BCUT2D eigenvalue weighted by molar-refractivity contribution is -0.113. The third-order valence-corrected chi connectivity index (χ3v) is 9.82. The summed E-state index contributed by atoms with van der Waals surface area (Å²) in [5.74, 6) is -0.0424. The summed E-state index contributed by atoms with van der Waals surface area (Å²) < 4.78 is 27.8. The van der Waals surface area contributed by atoms with E-state index in [9.17, 15) is 13.2 Å². The standard InChI is InChI=1S/C22H26N4O3S3/c1-14-7-8-17(11-18(14)32(28,29)26-9-5-4-6-10-26)25-19(27)12-30-21-20-15(2)16(3)31-22(20)24-13-23-21/h7-8,11,13H,4-6,9-10,12H2,1-3H3,(H,25,27). The van der Waals surface area contributed by atoms with Gasteiger partial charge in [-0.05, 0) is 56.9 Å². The van der Waals surface area contributed by atoms with E-state index in [0.717, 1.165) is 40.1 Å². The van der Waals surface area contributed by atoms with Gasteiger partial charge in [-0.25, -0.2) is 18.4 Å². The normalized spacial score (nSPS) is 15.2. The predicted octanol–water partition coefficient (Wildman–Crippen LogP) is 4.52. The van der Waals surface area contributed by atoms with Crippen LogP contribution >= 0.6 is 23.1 Å². The molecule has 0 bridgehead atoms. The Morgan fingerprint density at radius 1 is 1.16 bits per heavy atom. The molecule has 1 amide bonds. The highest BCUT2D eigenvalue weighted by Gasteiger charge is 2.27. The van der Waals surface area contributed by atoms with Crippen LogP contribution in [0, 0.1) is 20.8 Å². The highest BCUT2D eigenvalue weighted by atomic mass is 32.2. The number of sulfonamides is 1. The molecule has 3 aromatic rings. The minimum absolute atomic E-state index is 0.169. The van der Waals surface area contributed by atoms with Gasteiger partial charge in [-0.15, -0.1) is 11.3 Å². The van der Waals surface area contributed by atoms with Gasteiger partial charge in [0.05, 0.1) is 10.6 Å². The van der Waals surface area contributed by atoms with E-state index in [1.807, 2.05) is 6.92 Å².